The second-order valence-corrected chi connectivity index (χ2v) is 13.2. The molecule has 0 radical (unpaired) electrons. The minimum atomic E-state index is 0.831. The van der Waals surface area contributed by atoms with Crippen molar-refractivity contribution in [2.24, 2.45) is 0 Å². The molecule has 0 saturated carbocycles. The second kappa shape index (κ2) is 10.4. The van der Waals surface area contributed by atoms with Gasteiger partial charge in [-0.05, 0) is 102 Å². The van der Waals surface area contributed by atoms with Crippen LogP contribution in [0.2, 0.25) is 0 Å². The maximum atomic E-state index is 6.51. The van der Waals surface area contributed by atoms with Crippen molar-refractivity contribution in [1.29, 1.82) is 0 Å². The van der Waals surface area contributed by atoms with Crippen molar-refractivity contribution in [1.82, 2.24) is 0 Å². The smallest absolute Gasteiger partial charge is 0.147 e. The van der Waals surface area contributed by atoms with Crippen LogP contribution in [0.1, 0.15) is 0 Å². The number of benzene rings is 9. The molecule has 50 heavy (non-hydrogen) atoms. The standard InChI is InChI=1S/C48H28O2/c1-2-11-29(12-3-1)31-21-23-38-40(27-31)46(35-19-10-14-30-13-4-5-15-33(30)35)37-18-7-6-17-36(37)45(38)32-22-25-43-41(28-32)47-44(49-43)26-24-39-34-16-8-9-20-42(34)50-48(39)47/h1-28H. The van der Waals surface area contributed by atoms with Gasteiger partial charge >= 0.3 is 0 Å². The number of furan rings is 2. The van der Waals surface area contributed by atoms with E-state index in [2.05, 4.69) is 158 Å². The van der Waals surface area contributed by atoms with Crippen LogP contribution >= 0.6 is 0 Å². The van der Waals surface area contributed by atoms with Gasteiger partial charge in [-0.2, -0.15) is 0 Å². The Morgan fingerprint density at radius 3 is 1.80 bits per heavy atom. The first kappa shape index (κ1) is 27.3. The largest absolute Gasteiger partial charge is 0.456 e. The molecule has 2 heteroatoms. The predicted molar refractivity (Wildman–Crippen MR) is 210 cm³/mol. The highest BCUT2D eigenvalue weighted by atomic mass is 16.3. The molecule has 2 aromatic heterocycles. The first-order chi connectivity index (χ1) is 24.8. The summed E-state index contributed by atoms with van der Waals surface area (Å²) in [6, 6.07) is 61.0. The van der Waals surface area contributed by atoms with Crippen LogP contribution in [0.3, 0.4) is 0 Å². The topological polar surface area (TPSA) is 26.3 Å². The Hall–Kier alpha value is -6.64. The van der Waals surface area contributed by atoms with E-state index in [1.165, 1.54) is 60.1 Å². The number of fused-ring (bicyclic) bond motifs is 10. The average molecular weight is 637 g/mol. The molecule has 0 unspecified atom stereocenters. The van der Waals surface area contributed by atoms with Gasteiger partial charge in [-0.15, -0.1) is 0 Å². The Kier molecular flexibility index (Phi) is 5.70. The Labute approximate surface area is 287 Å². The fourth-order valence-electron chi connectivity index (χ4n) is 8.23. The average Bonchev–Trinajstić information content (AvgIpc) is 3.75. The van der Waals surface area contributed by atoms with Gasteiger partial charge in [0.25, 0.3) is 0 Å². The first-order valence-electron chi connectivity index (χ1n) is 17.1. The molecule has 9 aromatic carbocycles. The molecule has 0 spiro atoms. The zero-order chi connectivity index (χ0) is 32.8. The summed E-state index contributed by atoms with van der Waals surface area (Å²) in [4.78, 5) is 0. The van der Waals surface area contributed by atoms with E-state index >= 15 is 0 Å². The molecule has 0 saturated heterocycles. The lowest BCUT2D eigenvalue weighted by atomic mass is 9.83. The van der Waals surface area contributed by atoms with E-state index in [1.807, 2.05) is 12.1 Å². The van der Waals surface area contributed by atoms with E-state index in [0.717, 1.165) is 49.4 Å². The molecule has 0 aliphatic rings. The monoisotopic (exact) mass is 636 g/mol. The van der Waals surface area contributed by atoms with Gasteiger partial charge in [0.15, 0.2) is 0 Å². The van der Waals surface area contributed by atoms with Gasteiger partial charge in [0.2, 0.25) is 0 Å². The summed E-state index contributed by atoms with van der Waals surface area (Å²) < 4.78 is 13.0. The second-order valence-electron chi connectivity index (χ2n) is 13.2. The van der Waals surface area contributed by atoms with E-state index < -0.39 is 0 Å². The van der Waals surface area contributed by atoms with Crippen LogP contribution in [0.5, 0.6) is 0 Å². The van der Waals surface area contributed by atoms with Crippen LogP contribution in [-0.2, 0) is 0 Å². The van der Waals surface area contributed by atoms with Gasteiger partial charge < -0.3 is 8.83 Å². The summed E-state index contributed by atoms with van der Waals surface area (Å²) in [6.07, 6.45) is 0. The fraction of sp³-hybridized carbons (Fsp3) is 0. The predicted octanol–water partition coefficient (Wildman–Crippen LogP) is 13.9. The first-order valence-corrected chi connectivity index (χ1v) is 17.1. The molecular formula is C48H28O2. The number of para-hydroxylation sites is 1. The van der Waals surface area contributed by atoms with Crippen LogP contribution in [-0.4, -0.2) is 0 Å². The van der Waals surface area contributed by atoms with Crippen molar-refractivity contribution in [3.05, 3.63) is 170 Å². The molecule has 11 rings (SSSR count). The molecule has 0 amide bonds. The summed E-state index contributed by atoms with van der Waals surface area (Å²) in [5.41, 5.74) is 10.7. The van der Waals surface area contributed by atoms with E-state index in [1.54, 1.807) is 0 Å². The molecule has 0 aliphatic heterocycles. The van der Waals surface area contributed by atoms with Crippen LogP contribution < -0.4 is 0 Å². The quantitative estimate of drug-likeness (QED) is 0.180. The number of hydrogen-bond acceptors (Lipinski definition) is 2. The van der Waals surface area contributed by atoms with Gasteiger partial charge in [-0.1, -0.05) is 133 Å². The maximum absolute atomic E-state index is 6.51. The molecule has 0 aliphatic carbocycles. The van der Waals surface area contributed by atoms with E-state index in [-0.39, 0.29) is 0 Å². The van der Waals surface area contributed by atoms with Crippen LogP contribution in [0.25, 0.3) is 110 Å². The highest BCUT2D eigenvalue weighted by Gasteiger charge is 2.21. The summed E-state index contributed by atoms with van der Waals surface area (Å²) >= 11 is 0. The number of hydrogen-bond donors (Lipinski definition) is 0. The normalized spacial score (nSPS) is 12.0. The fourth-order valence-corrected chi connectivity index (χ4v) is 8.23. The molecule has 0 fully saturated rings. The number of rotatable bonds is 3. The van der Waals surface area contributed by atoms with Gasteiger partial charge in [-0.3, -0.25) is 0 Å². The Morgan fingerprint density at radius 1 is 0.300 bits per heavy atom. The zero-order valence-electron chi connectivity index (χ0n) is 27.0. The van der Waals surface area contributed by atoms with Gasteiger partial charge in [0, 0.05) is 16.2 Å². The van der Waals surface area contributed by atoms with Gasteiger partial charge in [0.05, 0.1) is 5.39 Å². The van der Waals surface area contributed by atoms with Crippen molar-refractivity contribution in [2.75, 3.05) is 0 Å². The summed E-state index contributed by atoms with van der Waals surface area (Å²) in [6.45, 7) is 0. The SMILES string of the molecule is c1ccc(-c2ccc3c(-c4ccc5oc6ccc7c8ccccc8oc7c6c5c4)c4ccccc4c(-c4cccc5ccccc45)c3c2)cc1. The highest BCUT2D eigenvalue weighted by molar-refractivity contribution is 6.26. The molecule has 11 aromatic rings. The van der Waals surface area contributed by atoms with E-state index in [0.29, 0.717) is 0 Å². The lowest BCUT2D eigenvalue weighted by Crippen LogP contribution is -1.92. The minimum absolute atomic E-state index is 0.831. The van der Waals surface area contributed by atoms with Crippen molar-refractivity contribution in [3.63, 3.8) is 0 Å². The minimum Gasteiger partial charge on any atom is -0.456 e. The van der Waals surface area contributed by atoms with Gasteiger partial charge in [-0.25, -0.2) is 0 Å². The third-order valence-corrected chi connectivity index (χ3v) is 10.5. The van der Waals surface area contributed by atoms with Gasteiger partial charge in [0.1, 0.15) is 22.3 Å². The summed E-state index contributed by atoms with van der Waals surface area (Å²) in [7, 11) is 0. The van der Waals surface area contributed by atoms with Crippen molar-refractivity contribution in [2.45, 2.75) is 0 Å². The summed E-state index contributed by atoms with van der Waals surface area (Å²) in [5, 5.41) is 11.7. The lowest BCUT2D eigenvalue weighted by Gasteiger charge is -2.19. The molecule has 232 valence electrons. The van der Waals surface area contributed by atoms with Crippen LogP contribution in [0, 0.1) is 0 Å². The zero-order valence-corrected chi connectivity index (χ0v) is 27.0. The van der Waals surface area contributed by atoms with Crippen molar-refractivity contribution >= 4 is 76.2 Å². The molecule has 0 bridgehead atoms. The van der Waals surface area contributed by atoms with Crippen molar-refractivity contribution in [3.8, 4) is 33.4 Å². The van der Waals surface area contributed by atoms with E-state index in [4.69, 9.17) is 8.83 Å². The Balaban J connectivity index is 1.27. The molecule has 2 nitrogen and oxygen atoms in total. The molecular weight excluding hydrogens is 609 g/mol. The molecule has 2 heterocycles. The molecule has 0 N–H and O–H groups in total. The summed E-state index contributed by atoms with van der Waals surface area (Å²) in [5.74, 6) is 0. The molecule has 0 atom stereocenters. The lowest BCUT2D eigenvalue weighted by molar-refractivity contribution is 0.663. The third kappa shape index (κ3) is 3.90. The maximum Gasteiger partial charge on any atom is 0.147 e. The van der Waals surface area contributed by atoms with E-state index in [9.17, 15) is 0 Å². The highest BCUT2D eigenvalue weighted by Crippen LogP contribution is 2.48. The van der Waals surface area contributed by atoms with Crippen LogP contribution in [0.15, 0.2) is 179 Å². The Morgan fingerprint density at radius 2 is 0.920 bits per heavy atom. The van der Waals surface area contributed by atoms with Crippen LogP contribution in [0.4, 0.5) is 0 Å². The van der Waals surface area contributed by atoms with Crippen molar-refractivity contribution < 1.29 is 8.83 Å². The third-order valence-electron chi connectivity index (χ3n) is 10.5. The Bertz CT molecular complexity index is 3140.